The molecule has 19 heavy (non-hydrogen) atoms. The van der Waals surface area contributed by atoms with Crippen LogP contribution in [0.5, 0.6) is 0 Å². The van der Waals surface area contributed by atoms with Crippen molar-refractivity contribution in [1.29, 1.82) is 0 Å². The fourth-order valence-electron chi connectivity index (χ4n) is 2.09. The van der Waals surface area contributed by atoms with Crippen LogP contribution in [0.15, 0.2) is 54.7 Å². The predicted octanol–water partition coefficient (Wildman–Crippen LogP) is 3.61. The van der Waals surface area contributed by atoms with E-state index in [0.717, 1.165) is 25.0 Å². The summed E-state index contributed by atoms with van der Waals surface area (Å²) in [5, 5.41) is 0. The molecule has 1 heterocycles. The summed E-state index contributed by atoms with van der Waals surface area (Å²) >= 11 is 0. The van der Waals surface area contributed by atoms with Gasteiger partial charge in [0, 0.05) is 24.7 Å². The highest BCUT2D eigenvalue weighted by Crippen LogP contribution is 2.07. The van der Waals surface area contributed by atoms with Crippen molar-refractivity contribution >= 4 is 5.78 Å². The first-order valence-corrected chi connectivity index (χ1v) is 6.80. The summed E-state index contributed by atoms with van der Waals surface area (Å²) < 4.78 is 0. The fourth-order valence-corrected chi connectivity index (χ4v) is 2.09. The molecule has 0 spiro atoms. The van der Waals surface area contributed by atoms with Crippen LogP contribution in [0.1, 0.15) is 30.5 Å². The molecular weight excluding hydrogens is 234 g/mol. The van der Waals surface area contributed by atoms with Gasteiger partial charge in [0.2, 0.25) is 0 Å². The third kappa shape index (κ3) is 5.04. The smallest absolute Gasteiger partial charge is 0.138 e. The Morgan fingerprint density at radius 2 is 1.74 bits per heavy atom. The molecule has 2 nitrogen and oxygen atoms in total. The summed E-state index contributed by atoms with van der Waals surface area (Å²) in [5.74, 6) is 0.284. The molecule has 2 rings (SSSR count). The number of nitrogens with zero attached hydrogens (tertiary/aromatic N) is 1. The highest BCUT2D eigenvalue weighted by Gasteiger charge is 2.04. The molecule has 0 aliphatic heterocycles. The summed E-state index contributed by atoms with van der Waals surface area (Å²) in [5.41, 5.74) is 2.22. The first-order valence-electron chi connectivity index (χ1n) is 6.80. The minimum Gasteiger partial charge on any atom is -0.299 e. The maximum absolute atomic E-state index is 11.8. The van der Waals surface area contributed by atoms with Crippen LogP contribution >= 0.6 is 0 Å². The van der Waals surface area contributed by atoms with Gasteiger partial charge in [0.05, 0.1) is 0 Å². The van der Waals surface area contributed by atoms with E-state index in [1.54, 1.807) is 6.20 Å². The Kier molecular flexibility index (Phi) is 5.30. The lowest BCUT2D eigenvalue weighted by Crippen LogP contribution is -2.04. The number of hydrogen-bond donors (Lipinski definition) is 0. The number of carbonyl (C=O) groups is 1. The number of aryl methyl sites for hydroxylation is 1. The van der Waals surface area contributed by atoms with Crippen LogP contribution in [-0.2, 0) is 17.6 Å². The predicted molar refractivity (Wildman–Crippen MR) is 76.9 cm³/mol. The van der Waals surface area contributed by atoms with Gasteiger partial charge in [-0.2, -0.15) is 0 Å². The lowest BCUT2D eigenvalue weighted by molar-refractivity contribution is -0.118. The summed E-state index contributed by atoms with van der Waals surface area (Å²) in [6.07, 6.45) is 5.93. The Hall–Kier alpha value is -1.96. The zero-order valence-corrected chi connectivity index (χ0v) is 11.1. The second-order valence-corrected chi connectivity index (χ2v) is 4.73. The Labute approximate surface area is 114 Å². The van der Waals surface area contributed by atoms with E-state index < -0.39 is 0 Å². The summed E-state index contributed by atoms with van der Waals surface area (Å²) in [6.45, 7) is 0. The van der Waals surface area contributed by atoms with E-state index in [1.165, 1.54) is 5.56 Å². The number of pyridine rings is 1. The van der Waals surface area contributed by atoms with Gasteiger partial charge in [-0.05, 0) is 37.0 Å². The standard InChI is InChI=1S/C17H19NO/c19-17(14-16-11-6-7-13-18-16)12-5-4-10-15-8-2-1-3-9-15/h1-3,6-9,11,13H,4-5,10,12,14H2. The van der Waals surface area contributed by atoms with E-state index in [0.29, 0.717) is 12.8 Å². The molecule has 0 saturated carbocycles. The number of benzene rings is 1. The Morgan fingerprint density at radius 3 is 2.47 bits per heavy atom. The average Bonchev–Trinajstić information content (AvgIpc) is 2.46. The summed E-state index contributed by atoms with van der Waals surface area (Å²) in [7, 11) is 0. The molecule has 1 aromatic heterocycles. The van der Waals surface area contributed by atoms with Gasteiger partial charge in [-0.3, -0.25) is 9.78 Å². The van der Waals surface area contributed by atoms with Gasteiger partial charge in [-0.25, -0.2) is 0 Å². The molecule has 98 valence electrons. The van der Waals surface area contributed by atoms with Gasteiger partial charge in [0.1, 0.15) is 5.78 Å². The first kappa shape index (κ1) is 13.5. The Morgan fingerprint density at radius 1 is 0.947 bits per heavy atom. The second-order valence-electron chi connectivity index (χ2n) is 4.73. The molecule has 0 atom stereocenters. The van der Waals surface area contributed by atoms with E-state index in [1.807, 2.05) is 24.3 Å². The molecule has 0 bridgehead atoms. The van der Waals surface area contributed by atoms with Crippen molar-refractivity contribution in [2.24, 2.45) is 0 Å². The third-order valence-corrected chi connectivity index (χ3v) is 3.12. The van der Waals surface area contributed by atoms with Crippen molar-refractivity contribution in [2.45, 2.75) is 32.1 Å². The van der Waals surface area contributed by atoms with Crippen molar-refractivity contribution in [3.8, 4) is 0 Å². The summed E-state index contributed by atoms with van der Waals surface area (Å²) in [6, 6.07) is 16.1. The van der Waals surface area contributed by atoms with Gasteiger partial charge in [-0.15, -0.1) is 0 Å². The lowest BCUT2D eigenvalue weighted by atomic mass is 10.0. The fraction of sp³-hybridized carbons (Fsp3) is 0.294. The van der Waals surface area contributed by atoms with Crippen molar-refractivity contribution in [3.63, 3.8) is 0 Å². The number of hydrogen-bond acceptors (Lipinski definition) is 2. The zero-order valence-electron chi connectivity index (χ0n) is 11.1. The third-order valence-electron chi connectivity index (χ3n) is 3.12. The maximum Gasteiger partial charge on any atom is 0.138 e. The van der Waals surface area contributed by atoms with Crippen LogP contribution in [0.3, 0.4) is 0 Å². The number of rotatable bonds is 7. The Bertz CT molecular complexity index is 493. The minimum absolute atomic E-state index is 0.284. The molecular formula is C17H19NO. The van der Waals surface area contributed by atoms with Crippen molar-refractivity contribution in [2.75, 3.05) is 0 Å². The minimum atomic E-state index is 0.284. The molecule has 0 fully saturated rings. The molecule has 0 saturated heterocycles. The molecule has 0 aliphatic carbocycles. The van der Waals surface area contributed by atoms with Crippen LogP contribution in [-0.4, -0.2) is 10.8 Å². The quantitative estimate of drug-likeness (QED) is 0.706. The lowest BCUT2D eigenvalue weighted by Gasteiger charge is -2.02. The SMILES string of the molecule is O=C(CCCCc1ccccc1)Cc1ccccn1. The van der Waals surface area contributed by atoms with E-state index in [2.05, 4.69) is 29.2 Å². The van der Waals surface area contributed by atoms with E-state index in [9.17, 15) is 4.79 Å². The zero-order chi connectivity index (χ0) is 13.3. The molecule has 2 aromatic rings. The number of aromatic nitrogens is 1. The van der Waals surface area contributed by atoms with Crippen LogP contribution in [0.25, 0.3) is 0 Å². The highest BCUT2D eigenvalue weighted by molar-refractivity contribution is 5.80. The molecule has 0 amide bonds. The largest absolute Gasteiger partial charge is 0.299 e. The van der Waals surface area contributed by atoms with Crippen LogP contribution in [0.2, 0.25) is 0 Å². The molecule has 0 aliphatic rings. The Balaban J connectivity index is 1.65. The second kappa shape index (κ2) is 7.47. The number of ketones is 1. The molecule has 0 radical (unpaired) electrons. The molecule has 0 N–H and O–H groups in total. The first-order chi connectivity index (χ1) is 9.34. The van der Waals surface area contributed by atoms with Crippen molar-refractivity contribution < 1.29 is 4.79 Å². The number of Topliss-reactive ketones (excluding diaryl/α,β-unsaturated/α-hetero) is 1. The van der Waals surface area contributed by atoms with Crippen LogP contribution in [0, 0.1) is 0 Å². The molecule has 1 aromatic carbocycles. The average molecular weight is 253 g/mol. The van der Waals surface area contributed by atoms with Gasteiger partial charge in [0.15, 0.2) is 0 Å². The monoisotopic (exact) mass is 253 g/mol. The topological polar surface area (TPSA) is 30.0 Å². The maximum atomic E-state index is 11.8. The normalized spacial score (nSPS) is 10.3. The summed E-state index contributed by atoms with van der Waals surface area (Å²) in [4.78, 5) is 16.0. The van der Waals surface area contributed by atoms with Gasteiger partial charge in [0.25, 0.3) is 0 Å². The highest BCUT2D eigenvalue weighted by atomic mass is 16.1. The van der Waals surface area contributed by atoms with Crippen LogP contribution in [0.4, 0.5) is 0 Å². The van der Waals surface area contributed by atoms with Crippen molar-refractivity contribution in [1.82, 2.24) is 4.98 Å². The molecule has 2 heteroatoms. The van der Waals surface area contributed by atoms with E-state index in [-0.39, 0.29) is 5.78 Å². The number of carbonyl (C=O) groups excluding carboxylic acids is 1. The van der Waals surface area contributed by atoms with Gasteiger partial charge in [-0.1, -0.05) is 36.4 Å². The van der Waals surface area contributed by atoms with E-state index >= 15 is 0 Å². The van der Waals surface area contributed by atoms with Crippen molar-refractivity contribution in [3.05, 3.63) is 66.0 Å². The van der Waals surface area contributed by atoms with Gasteiger partial charge >= 0.3 is 0 Å². The van der Waals surface area contributed by atoms with Crippen LogP contribution < -0.4 is 0 Å². The molecule has 0 unspecified atom stereocenters. The number of unbranched alkanes of at least 4 members (excludes halogenated alkanes) is 1. The van der Waals surface area contributed by atoms with Gasteiger partial charge < -0.3 is 0 Å². The van der Waals surface area contributed by atoms with E-state index in [4.69, 9.17) is 0 Å².